The van der Waals surface area contributed by atoms with Crippen LogP contribution in [0, 0.1) is 6.92 Å². The van der Waals surface area contributed by atoms with Crippen LogP contribution in [0.15, 0.2) is 48.5 Å². The number of carbonyl (C=O) groups is 1. The van der Waals surface area contributed by atoms with Crippen LogP contribution in [0.1, 0.15) is 29.7 Å². The van der Waals surface area contributed by atoms with Gasteiger partial charge in [0.2, 0.25) is 0 Å². The molecular weight excluding hydrogens is 276 g/mol. The highest BCUT2D eigenvalue weighted by Crippen LogP contribution is 2.21. The molecule has 0 spiro atoms. The first kappa shape index (κ1) is 16.0. The molecule has 0 heterocycles. The Labute approximate surface area is 131 Å². The van der Waals surface area contributed by atoms with Crippen LogP contribution in [0.3, 0.4) is 0 Å². The highest BCUT2D eigenvalue weighted by Gasteiger charge is 2.11. The largest absolute Gasteiger partial charge is 0.387 e. The minimum absolute atomic E-state index is 0.170. The lowest BCUT2D eigenvalue weighted by Gasteiger charge is -2.15. The van der Waals surface area contributed by atoms with E-state index in [1.807, 2.05) is 55.5 Å². The molecular formula is C18H22N2O2. The maximum absolute atomic E-state index is 12.0. The summed E-state index contributed by atoms with van der Waals surface area (Å²) in [5, 5.41) is 15.6. The number of aryl methyl sites for hydroxylation is 2. The summed E-state index contributed by atoms with van der Waals surface area (Å²) in [6.07, 6.45) is 0.138. The lowest BCUT2D eigenvalue weighted by Crippen LogP contribution is -2.32. The number of para-hydroxylation sites is 1. The summed E-state index contributed by atoms with van der Waals surface area (Å²) in [5.41, 5.74) is 3.75. The molecule has 2 amide bonds. The first-order chi connectivity index (χ1) is 10.6. The number of anilines is 1. The van der Waals surface area contributed by atoms with Gasteiger partial charge in [-0.25, -0.2) is 4.79 Å². The van der Waals surface area contributed by atoms with Gasteiger partial charge in [0.05, 0.1) is 6.10 Å². The van der Waals surface area contributed by atoms with Gasteiger partial charge in [-0.1, -0.05) is 55.5 Å². The molecule has 3 N–H and O–H groups in total. The number of rotatable bonds is 5. The summed E-state index contributed by atoms with van der Waals surface area (Å²) in [6, 6.07) is 14.9. The zero-order valence-electron chi connectivity index (χ0n) is 13.0. The van der Waals surface area contributed by atoms with Gasteiger partial charge >= 0.3 is 6.03 Å². The Morgan fingerprint density at radius 3 is 2.55 bits per heavy atom. The zero-order valence-corrected chi connectivity index (χ0v) is 13.0. The van der Waals surface area contributed by atoms with Gasteiger partial charge in [0.25, 0.3) is 0 Å². The summed E-state index contributed by atoms with van der Waals surface area (Å²) < 4.78 is 0. The smallest absolute Gasteiger partial charge is 0.319 e. The third-order valence-electron chi connectivity index (χ3n) is 3.62. The molecule has 0 aliphatic carbocycles. The first-order valence-corrected chi connectivity index (χ1v) is 7.48. The SMILES string of the molecule is CCc1cccc(C)c1NC(=O)NC[C@@H](O)c1ccccc1. The normalized spacial score (nSPS) is 11.8. The Hall–Kier alpha value is -2.33. The summed E-state index contributed by atoms with van der Waals surface area (Å²) in [4.78, 5) is 12.0. The topological polar surface area (TPSA) is 61.4 Å². The summed E-state index contributed by atoms with van der Waals surface area (Å²) in [7, 11) is 0. The number of benzene rings is 2. The number of aliphatic hydroxyl groups excluding tert-OH is 1. The molecule has 0 saturated carbocycles. The highest BCUT2D eigenvalue weighted by molar-refractivity contribution is 5.91. The van der Waals surface area contributed by atoms with Crippen molar-refractivity contribution < 1.29 is 9.90 Å². The fourth-order valence-electron chi connectivity index (χ4n) is 2.34. The monoisotopic (exact) mass is 298 g/mol. The molecule has 2 rings (SSSR count). The van der Waals surface area contributed by atoms with Crippen LogP contribution in [0.25, 0.3) is 0 Å². The summed E-state index contributed by atoms with van der Waals surface area (Å²) in [5.74, 6) is 0. The highest BCUT2D eigenvalue weighted by atomic mass is 16.3. The summed E-state index contributed by atoms with van der Waals surface area (Å²) >= 11 is 0. The van der Waals surface area contributed by atoms with Crippen molar-refractivity contribution in [1.82, 2.24) is 5.32 Å². The Morgan fingerprint density at radius 2 is 1.86 bits per heavy atom. The number of nitrogens with one attached hydrogen (secondary N) is 2. The van der Waals surface area contributed by atoms with Crippen molar-refractivity contribution in [2.24, 2.45) is 0 Å². The van der Waals surface area contributed by atoms with Gasteiger partial charge in [-0.15, -0.1) is 0 Å². The fraction of sp³-hybridized carbons (Fsp3) is 0.278. The molecule has 4 nitrogen and oxygen atoms in total. The fourth-order valence-corrected chi connectivity index (χ4v) is 2.34. The third kappa shape index (κ3) is 4.09. The predicted molar refractivity (Wildman–Crippen MR) is 89.0 cm³/mol. The van der Waals surface area contributed by atoms with E-state index in [0.29, 0.717) is 0 Å². The van der Waals surface area contributed by atoms with Crippen molar-refractivity contribution >= 4 is 11.7 Å². The molecule has 2 aromatic carbocycles. The number of amides is 2. The van der Waals surface area contributed by atoms with Crippen LogP contribution in [-0.4, -0.2) is 17.7 Å². The Balaban J connectivity index is 1.94. The maximum atomic E-state index is 12.0. The van der Waals surface area contributed by atoms with E-state index in [4.69, 9.17) is 0 Å². The van der Waals surface area contributed by atoms with E-state index in [2.05, 4.69) is 17.6 Å². The van der Waals surface area contributed by atoms with Crippen molar-refractivity contribution in [2.75, 3.05) is 11.9 Å². The minimum Gasteiger partial charge on any atom is -0.387 e. The molecule has 0 fully saturated rings. The Morgan fingerprint density at radius 1 is 1.14 bits per heavy atom. The molecule has 0 bridgehead atoms. The van der Waals surface area contributed by atoms with Crippen LogP contribution in [0.4, 0.5) is 10.5 Å². The number of aliphatic hydroxyl groups is 1. The van der Waals surface area contributed by atoms with Gasteiger partial charge < -0.3 is 15.7 Å². The molecule has 116 valence electrons. The molecule has 1 atom stereocenters. The van der Waals surface area contributed by atoms with Gasteiger partial charge in [-0.2, -0.15) is 0 Å². The summed E-state index contributed by atoms with van der Waals surface area (Å²) in [6.45, 7) is 4.19. The van der Waals surface area contributed by atoms with Gasteiger partial charge in [-0.05, 0) is 30.0 Å². The molecule has 0 aromatic heterocycles. The first-order valence-electron chi connectivity index (χ1n) is 7.48. The molecule has 0 aliphatic rings. The molecule has 0 radical (unpaired) electrons. The quantitative estimate of drug-likeness (QED) is 0.792. The van der Waals surface area contributed by atoms with E-state index >= 15 is 0 Å². The molecule has 2 aromatic rings. The van der Waals surface area contributed by atoms with Gasteiger partial charge in [-0.3, -0.25) is 0 Å². The standard InChI is InChI=1S/C18H22N2O2/c1-3-14-11-7-8-13(2)17(14)20-18(22)19-12-16(21)15-9-5-4-6-10-15/h4-11,16,21H,3,12H2,1-2H3,(H2,19,20,22)/t16-/m1/s1. The van der Waals surface area contributed by atoms with Crippen molar-refractivity contribution in [3.05, 3.63) is 65.2 Å². The number of carbonyl (C=O) groups excluding carboxylic acids is 1. The molecule has 0 aliphatic heterocycles. The van der Waals surface area contributed by atoms with E-state index in [9.17, 15) is 9.90 Å². The van der Waals surface area contributed by atoms with Crippen molar-refractivity contribution in [3.8, 4) is 0 Å². The zero-order chi connectivity index (χ0) is 15.9. The Kier molecular flexibility index (Phi) is 5.55. The van der Waals surface area contributed by atoms with Crippen molar-refractivity contribution in [3.63, 3.8) is 0 Å². The van der Waals surface area contributed by atoms with Crippen LogP contribution in [-0.2, 0) is 6.42 Å². The number of urea groups is 1. The Bertz CT molecular complexity index is 626. The van der Waals surface area contributed by atoms with Crippen LogP contribution in [0.5, 0.6) is 0 Å². The van der Waals surface area contributed by atoms with E-state index < -0.39 is 6.10 Å². The van der Waals surface area contributed by atoms with E-state index in [1.165, 1.54) is 0 Å². The van der Waals surface area contributed by atoms with Crippen LogP contribution >= 0.6 is 0 Å². The lowest BCUT2D eigenvalue weighted by atomic mass is 10.1. The van der Waals surface area contributed by atoms with Crippen molar-refractivity contribution in [2.45, 2.75) is 26.4 Å². The van der Waals surface area contributed by atoms with Gasteiger partial charge in [0.1, 0.15) is 0 Å². The van der Waals surface area contributed by atoms with Gasteiger partial charge in [0.15, 0.2) is 0 Å². The second-order valence-corrected chi connectivity index (χ2v) is 5.22. The predicted octanol–water partition coefficient (Wildman–Crippen LogP) is 3.41. The van der Waals surface area contributed by atoms with E-state index in [0.717, 1.165) is 28.8 Å². The maximum Gasteiger partial charge on any atom is 0.319 e. The van der Waals surface area contributed by atoms with Crippen LogP contribution in [0.2, 0.25) is 0 Å². The molecule has 0 unspecified atom stereocenters. The molecule has 4 heteroatoms. The average molecular weight is 298 g/mol. The average Bonchev–Trinajstić information content (AvgIpc) is 2.55. The molecule has 22 heavy (non-hydrogen) atoms. The number of hydrogen-bond acceptors (Lipinski definition) is 2. The molecule has 0 saturated heterocycles. The third-order valence-corrected chi connectivity index (χ3v) is 3.62. The van der Waals surface area contributed by atoms with E-state index in [1.54, 1.807) is 0 Å². The second kappa shape index (κ2) is 7.61. The van der Waals surface area contributed by atoms with Gasteiger partial charge in [0, 0.05) is 12.2 Å². The van der Waals surface area contributed by atoms with E-state index in [-0.39, 0.29) is 12.6 Å². The minimum atomic E-state index is -0.713. The number of hydrogen-bond donors (Lipinski definition) is 3. The lowest BCUT2D eigenvalue weighted by molar-refractivity contribution is 0.175. The van der Waals surface area contributed by atoms with Crippen LogP contribution < -0.4 is 10.6 Å². The van der Waals surface area contributed by atoms with Crippen molar-refractivity contribution in [1.29, 1.82) is 0 Å². The second-order valence-electron chi connectivity index (χ2n) is 5.22.